The first-order chi connectivity index (χ1) is 8.61. The van der Waals surface area contributed by atoms with Crippen molar-refractivity contribution in [3.8, 4) is 0 Å². The molecule has 0 aliphatic heterocycles. The number of aryl methyl sites for hydroxylation is 1. The third-order valence-electron chi connectivity index (χ3n) is 3.12. The van der Waals surface area contributed by atoms with Crippen LogP contribution >= 0.6 is 0 Å². The maximum absolute atomic E-state index is 13.2. The molecule has 0 amide bonds. The molecule has 0 aromatic heterocycles. The quantitative estimate of drug-likeness (QED) is 0.872. The zero-order valence-corrected chi connectivity index (χ0v) is 10.4. The number of benzene rings is 2. The van der Waals surface area contributed by atoms with E-state index in [9.17, 15) is 4.39 Å². The van der Waals surface area contributed by atoms with Crippen molar-refractivity contribution in [2.75, 3.05) is 0 Å². The molecule has 2 rings (SSSR count). The van der Waals surface area contributed by atoms with Crippen LogP contribution in [0.3, 0.4) is 0 Å². The van der Waals surface area contributed by atoms with Crippen molar-refractivity contribution >= 4 is 0 Å². The normalized spacial score (nSPS) is 12.4. The van der Waals surface area contributed by atoms with E-state index in [1.165, 1.54) is 6.07 Å². The summed E-state index contributed by atoms with van der Waals surface area (Å²) in [7, 11) is 0. The smallest absolute Gasteiger partial charge is 0.126 e. The lowest BCUT2D eigenvalue weighted by Crippen LogP contribution is -2.12. The van der Waals surface area contributed by atoms with Crippen molar-refractivity contribution in [2.24, 2.45) is 11.5 Å². The molecule has 1 atom stereocenters. The number of nitrogens with two attached hydrogens (primary N) is 2. The molecule has 2 aromatic rings. The third kappa shape index (κ3) is 2.58. The molecule has 0 spiro atoms. The van der Waals surface area contributed by atoms with Crippen molar-refractivity contribution in [3.63, 3.8) is 0 Å². The van der Waals surface area contributed by atoms with Gasteiger partial charge in [-0.1, -0.05) is 36.4 Å². The highest BCUT2D eigenvalue weighted by Crippen LogP contribution is 2.21. The van der Waals surface area contributed by atoms with Gasteiger partial charge in [0, 0.05) is 6.54 Å². The molecule has 0 heterocycles. The van der Waals surface area contributed by atoms with Crippen LogP contribution in [0.25, 0.3) is 0 Å². The first kappa shape index (κ1) is 12.7. The lowest BCUT2D eigenvalue weighted by atomic mass is 9.97. The van der Waals surface area contributed by atoms with Crippen LogP contribution in [0.5, 0.6) is 0 Å². The lowest BCUT2D eigenvalue weighted by molar-refractivity contribution is 0.617. The van der Waals surface area contributed by atoms with Crippen molar-refractivity contribution in [3.05, 3.63) is 70.5 Å². The van der Waals surface area contributed by atoms with E-state index in [2.05, 4.69) is 0 Å². The second-order valence-electron chi connectivity index (χ2n) is 4.43. The fraction of sp³-hybridized carbons (Fsp3) is 0.200. The number of hydrogen-bond acceptors (Lipinski definition) is 2. The summed E-state index contributed by atoms with van der Waals surface area (Å²) in [6, 6.07) is 12.6. The van der Waals surface area contributed by atoms with Crippen molar-refractivity contribution in [2.45, 2.75) is 19.5 Å². The van der Waals surface area contributed by atoms with Crippen molar-refractivity contribution in [1.29, 1.82) is 0 Å². The van der Waals surface area contributed by atoms with Gasteiger partial charge in [0.05, 0.1) is 6.04 Å². The van der Waals surface area contributed by atoms with Crippen LogP contribution in [-0.4, -0.2) is 0 Å². The maximum atomic E-state index is 13.2. The van der Waals surface area contributed by atoms with Crippen LogP contribution in [0.2, 0.25) is 0 Å². The fourth-order valence-corrected chi connectivity index (χ4v) is 1.91. The van der Waals surface area contributed by atoms with Gasteiger partial charge >= 0.3 is 0 Å². The fourth-order valence-electron chi connectivity index (χ4n) is 1.91. The van der Waals surface area contributed by atoms with E-state index < -0.39 is 0 Å². The molecular weight excluding hydrogens is 227 g/mol. The zero-order chi connectivity index (χ0) is 13.1. The van der Waals surface area contributed by atoms with E-state index in [1.807, 2.05) is 24.3 Å². The topological polar surface area (TPSA) is 52.0 Å². The van der Waals surface area contributed by atoms with E-state index >= 15 is 0 Å². The van der Waals surface area contributed by atoms with Gasteiger partial charge in [-0.2, -0.15) is 0 Å². The molecule has 3 heteroatoms. The summed E-state index contributed by atoms with van der Waals surface area (Å²) in [6.45, 7) is 2.26. The monoisotopic (exact) mass is 244 g/mol. The molecule has 2 nitrogen and oxygen atoms in total. The lowest BCUT2D eigenvalue weighted by Gasteiger charge is -2.14. The Hall–Kier alpha value is -1.71. The minimum atomic E-state index is -0.240. The molecule has 18 heavy (non-hydrogen) atoms. The SMILES string of the molecule is Cc1cc(C(N)c2ccc(CN)cc2)ccc1F. The summed E-state index contributed by atoms with van der Waals surface area (Å²) in [5.41, 5.74) is 15.3. The second-order valence-corrected chi connectivity index (χ2v) is 4.43. The Morgan fingerprint density at radius 3 is 2.22 bits per heavy atom. The molecule has 0 aliphatic rings. The first-order valence-electron chi connectivity index (χ1n) is 5.92. The van der Waals surface area contributed by atoms with Crippen molar-refractivity contribution < 1.29 is 4.39 Å². The zero-order valence-electron chi connectivity index (χ0n) is 10.4. The molecule has 1 unspecified atom stereocenters. The Bertz CT molecular complexity index is 535. The average Bonchev–Trinajstić information content (AvgIpc) is 2.41. The average molecular weight is 244 g/mol. The van der Waals surface area contributed by atoms with E-state index in [0.717, 1.165) is 16.7 Å². The summed E-state index contributed by atoms with van der Waals surface area (Å²) >= 11 is 0. The van der Waals surface area contributed by atoms with E-state index in [4.69, 9.17) is 11.5 Å². The molecule has 2 aromatic carbocycles. The Morgan fingerprint density at radius 2 is 1.67 bits per heavy atom. The van der Waals surface area contributed by atoms with Crippen LogP contribution in [0, 0.1) is 12.7 Å². The molecule has 94 valence electrons. The molecule has 0 radical (unpaired) electrons. The molecule has 0 saturated carbocycles. The number of rotatable bonds is 3. The van der Waals surface area contributed by atoms with Gasteiger partial charge < -0.3 is 11.5 Å². The first-order valence-corrected chi connectivity index (χ1v) is 5.92. The minimum absolute atomic E-state index is 0.204. The van der Waals surface area contributed by atoms with Crippen LogP contribution in [-0.2, 0) is 6.54 Å². The molecule has 4 N–H and O–H groups in total. The summed E-state index contributed by atoms with van der Waals surface area (Å²) in [5, 5.41) is 0. The Labute approximate surface area is 106 Å². The third-order valence-corrected chi connectivity index (χ3v) is 3.12. The highest BCUT2D eigenvalue weighted by atomic mass is 19.1. The van der Waals surface area contributed by atoms with Crippen molar-refractivity contribution in [1.82, 2.24) is 0 Å². The largest absolute Gasteiger partial charge is 0.326 e. The maximum Gasteiger partial charge on any atom is 0.126 e. The number of hydrogen-bond donors (Lipinski definition) is 2. The van der Waals surface area contributed by atoms with Gasteiger partial charge in [0.25, 0.3) is 0 Å². The van der Waals surface area contributed by atoms with Gasteiger partial charge in [-0.15, -0.1) is 0 Å². The Morgan fingerprint density at radius 1 is 1.06 bits per heavy atom. The van der Waals surface area contributed by atoms with E-state index in [1.54, 1.807) is 19.1 Å². The summed E-state index contributed by atoms with van der Waals surface area (Å²) in [6.07, 6.45) is 0. The summed E-state index contributed by atoms with van der Waals surface area (Å²) in [4.78, 5) is 0. The molecule has 0 aliphatic carbocycles. The van der Waals surface area contributed by atoms with Gasteiger partial charge in [-0.3, -0.25) is 0 Å². The van der Waals surface area contributed by atoms with Crippen LogP contribution < -0.4 is 11.5 Å². The van der Waals surface area contributed by atoms with Gasteiger partial charge in [0.2, 0.25) is 0 Å². The van der Waals surface area contributed by atoms with Crippen LogP contribution in [0.1, 0.15) is 28.3 Å². The second kappa shape index (κ2) is 5.29. The highest BCUT2D eigenvalue weighted by molar-refractivity contribution is 5.35. The highest BCUT2D eigenvalue weighted by Gasteiger charge is 2.10. The Kier molecular flexibility index (Phi) is 3.75. The van der Waals surface area contributed by atoms with Gasteiger partial charge in [0.1, 0.15) is 5.82 Å². The van der Waals surface area contributed by atoms with Crippen LogP contribution in [0.15, 0.2) is 42.5 Å². The number of halogens is 1. The van der Waals surface area contributed by atoms with Gasteiger partial charge in [-0.25, -0.2) is 4.39 Å². The molecular formula is C15H17FN2. The summed E-state index contributed by atoms with van der Waals surface area (Å²) in [5.74, 6) is -0.204. The standard InChI is InChI=1S/C15H17FN2/c1-10-8-13(6-7-14(10)16)15(18)12-4-2-11(9-17)3-5-12/h2-8,15H,9,17-18H2,1H3. The van der Waals surface area contributed by atoms with E-state index in [0.29, 0.717) is 12.1 Å². The molecule has 0 fully saturated rings. The molecule has 0 saturated heterocycles. The van der Waals surface area contributed by atoms with E-state index in [-0.39, 0.29) is 11.9 Å². The molecule has 0 bridgehead atoms. The minimum Gasteiger partial charge on any atom is -0.326 e. The van der Waals surface area contributed by atoms with Gasteiger partial charge in [-0.05, 0) is 35.2 Å². The predicted octanol–water partition coefficient (Wildman–Crippen LogP) is 2.64. The Balaban J connectivity index is 2.28. The van der Waals surface area contributed by atoms with Gasteiger partial charge in [0.15, 0.2) is 0 Å². The summed E-state index contributed by atoms with van der Waals surface area (Å²) < 4.78 is 13.2. The van der Waals surface area contributed by atoms with Crippen LogP contribution in [0.4, 0.5) is 4.39 Å². The predicted molar refractivity (Wildman–Crippen MR) is 71.5 cm³/mol.